The lowest BCUT2D eigenvalue weighted by atomic mass is 10.1. The number of benzene rings is 1. The van der Waals surface area contributed by atoms with Gasteiger partial charge in [0.15, 0.2) is 0 Å². The zero-order valence-electron chi connectivity index (χ0n) is 9.07. The van der Waals surface area contributed by atoms with E-state index in [1.165, 1.54) is 6.07 Å². The fraction of sp³-hybridized carbons (Fsp3) is 0.455. The van der Waals surface area contributed by atoms with Crippen molar-refractivity contribution in [2.24, 2.45) is 5.73 Å². The summed E-state index contributed by atoms with van der Waals surface area (Å²) in [4.78, 5) is 1.67. The lowest BCUT2D eigenvalue weighted by molar-refractivity contribution is 0.303. The smallest absolute Gasteiger partial charge is 0.146 e. The molecule has 15 heavy (non-hydrogen) atoms. The third-order valence-electron chi connectivity index (χ3n) is 2.33. The maximum atomic E-state index is 13.6. The van der Waals surface area contributed by atoms with E-state index in [-0.39, 0.29) is 18.5 Å². The summed E-state index contributed by atoms with van der Waals surface area (Å²) in [6.45, 7) is 2.19. The van der Waals surface area contributed by atoms with Crippen LogP contribution in [0.1, 0.15) is 18.5 Å². The summed E-state index contributed by atoms with van der Waals surface area (Å²) >= 11 is 0. The highest BCUT2D eigenvalue weighted by molar-refractivity contribution is 5.55. The molecule has 0 aliphatic rings. The van der Waals surface area contributed by atoms with Gasteiger partial charge in [-0.15, -0.1) is 0 Å². The van der Waals surface area contributed by atoms with E-state index >= 15 is 0 Å². The summed E-state index contributed by atoms with van der Waals surface area (Å²) < 4.78 is 13.6. The van der Waals surface area contributed by atoms with Crippen LogP contribution >= 0.6 is 0 Å². The molecule has 3 N–H and O–H groups in total. The van der Waals surface area contributed by atoms with Gasteiger partial charge in [-0.3, -0.25) is 0 Å². The summed E-state index contributed by atoms with van der Waals surface area (Å²) in [6.07, 6.45) is 0. The van der Waals surface area contributed by atoms with Crippen LogP contribution in [0.15, 0.2) is 18.2 Å². The molecule has 0 spiro atoms. The van der Waals surface area contributed by atoms with Crippen LogP contribution < -0.4 is 10.6 Å². The zero-order valence-corrected chi connectivity index (χ0v) is 9.07. The van der Waals surface area contributed by atoms with Crippen LogP contribution in [0.4, 0.5) is 10.1 Å². The largest absolute Gasteiger partial charge is 0.395 e. The van der Waals surface area contributed by atoms with Crippen molar-refractivity contribution in [3.8, 4) is 0 Å². The normalized spacial score (nSPS) is 12.6. The van der Waals surface area contributed by atoms with Gasteiger partial charge in [-0.1, -0.05) is 12.1 Å². The fourth-order valence-corrected chi connectivity index (χ4v) is 1.56. The predicted octanol–water partition coefficient (Wildman–Crippen LogP) is 1.27. The summed E-state index contributed by atoms with van der Waals surface area (Å²) in [5.41, 5.74) is 6.99. The first-order valence-electron chi connectivity index (χ1n) is 4.94. The summed E-state index contributed by atoms with van der Waals surface area (Å²) in [5.74, 6) is -0.305. The van der Waals surface area contributed by atoms with Gasteiger partial charge in [0.25, 0.3) is 0 Å². The lowest BCUT2D eigenvalue weighted by Gasteiger charge is -2.23. The molecule has 1 aromatic rings. The van der Waals surface area contributed by atoms with Gasteiger partial charge in [0.05, 0.1) is 12.3 Å². The number of likely N-dealkylation sites (N-methyl/N-ethyl adjacent to an activating group) is 1. The van der Waals surface area contributed by atoms with Crippen molar-refractivity contribution in [2.45, 2.75) is 13.0 Å². The van der Waals surface area contributed by atoms with E-state index in [1.54, 1.807) is 24.1 Å². The average Bonchev–Trinajstić information content (AvgIpc) is 2.17. The molecule has 0 saturated carbocycles. The van der Waals surface area contributed by atoms with Gasteiger partial charge in [-0.05, 0) is 18.6 Å². The Morgan fingerprint density at radius 1 is 1.53 bits per heavy atom. The van der Waals surface area contributed by atoms with Crippen LogP contribution in [0.5, 0.6) is 0 Å². The third kappa shape index (κ3) is 2.67. The molecular weight excluding hydrogens is 195 g/mol. The van der Waals surface area contributed by atoms with Crippen molar-refractivity contribution in [2.75, 3.05) is 25.1 Å². The maximum absolute atomic E-state index is 13.6. The Labute approximate surface area is 89.3 Å². The molecule has 0 fully saturated rings. The minimum atomic E-state index is -0.305. The van der Waals surface area contributed by atoms with Crippen molar-refractivity contribution in [1.29, 1.82) is 0 Å². The number of anilines is 1. The number of para-hydroxylation sites is 1. The molecule has 0 bridgehead atoms. The van der Waals surface area contributed by atoms with E-state index in [4.69, 9.17) is 10.8 Å². The van der Waals surface area contributed by atoms with Gasteiger partial charge in [0, 0.05) is 19.6 Å². The Morgan fingerprint density at radius 3 is 2.73 bits per heavy atom. The lowest BCUT2D eigenvalue weighted by Crippen LogP contribution is -2.25. The van der Waals surface area contributed by atoms with Crippen molar-refractivity contribution >= 4 is 5.69 Å². The predicted molar refractivity (Wildman–Crippen MR) is 59.4 cm³/mol. The van der Waals surface area contributed by atoms with Gasteiger partial charge in [-0.25, -0.2) is 4.39 Å². The third-order valence-corrected chi connectivity index (χ3v) is 2.33. The second kappa shape index (κ2) is 5.09. The Morgan fingerprint density at radius 2 is 2.20 bits per heavy atom. The molecule has 0 saturated heterocycles. The van der Waals surface area contributed by atoms with Gasteiger partial charge in [0.1, 0.15) is 5.82 Å². The second-order valence-electron chi connectivity index (χ2n) is 3.61. The van der Waals surface area contributed by atoms with E-state index in [1.807, 2.05) is 6.92 Å². The molecule has 1 aromatic carbocycles. The standard InChI is InChI=1S/C11H17FN2O/c1-8(13)9-4-3-5-10(12)11(9)14(2)6-7-15/h3-5,8,15H,6-7,13H2,1-2H3. The maximum Gasteiger partial charge on any atom is 0.146 e. The average molecular weight is 212 g/mol. The Bertz CT molecular complexity index is 328. The summed E-state index contributed by atoms with van der Waals surface area (Å²) in [7, 11) is 1.74. The molecule has 0 radical (unpaired) electrons. The number of hydrogen-bond donors (Lipinski definition) is 2. The molecule has 0 aromatic heterocycles. The Balaban J connectivity index is 3.12. The zero-order chi connectivity index (χ0) is 11.4. The topological polar surface area (TPSA) is 49.5 Å². The molecular formula is C11H17FN2O. The molecule has 3 nitrogen and oxygen atoms in total. The number of nitrogens with two attached hydrogens (primary N) is 1. The van der Waals surface area contributed by atoms with E-state index in [0.29, 0.717) is 12.2 Å². The number of halogens is 1. The highest BCUT2D eigenvalue weighted by Crippen LogP contribution is 2.27. The van der Waals surface area contributed by atoms with Crippen molar-refractivity contribution < 1.29 is 9.50 Å². The first kappa shape index (κ1) is 11.9. The minimum Gasteiger partial charge on any atom is -0.395 e. The number of aliphatic hydroxyl groups is 1. The first-order valence-corrected chi connectivity index (χ1v) is 4.94. The summed E-state index contributed by atoms with van der Waals surface area (Å²) in [5, 5.41) is 8.82. The molecule has 1 rings (SSSR count). The van der Waals surface area contributed by atoms with Crippen LogP contribution in [0.25, 0.3) is 0 Å². The quantitative estimate of drug-likeness (QED) is 0.790. The van der Waals surface area contributed by atoms with E-state index in [9.17, 15) is 4.39 Å². The highest BCUT2D eigenvalue weighted by atomic mass is 19.1. The van der Waals surface area contributed by atoms with Gasteiger partial charge in [0.2, 0.25) is 0 Å². The monoisotopic (exact) mass is 212 g/mol. The molecule has 0 aliphatic carbocycles. The van der Waals surface area contributed by atoms with Crippen LogP contribution in [-0.4, -0.2) is 25.3 Å². The van der Waals surface area contributed by atoms with Crippen molar-refractivity contribution in [3.63, 3.8) is 0 Å². The molecule has 1 atom stereocenters. The minimum absolute atomic E-state index is 0.0107. The molecule has 1 unspecified atom stereocenters. The number of nitrogens with zero attached hydrogens (tertiary/aromatic N) is 1. The van der Waals surface area contributed by atoms with Gasteiger partial charge >= 0.3 is 0 Å². The molecule has 0 aliphatic heterocycles. The van der Waals surface area contributed by atoms with Crippen LogP contribution in [0.3, 0.4) is 0 Å². The Kier molecular flexibility index (Phi) is 4.05. The van der Waals surface area contributed by atoms with Crippen LogP contribution in [0.2, 0.25) is 0 Å². The van der Waals surface area contributed by atoms with Crippen molar-refractivity contribution in [3.05, 3.63) is 29.6 Å². The second-order valence-corrected chi connectivity index (χ2v) is 3.61. The van der Waals surface area contributed by atoms with Gasteiger partial charge in [-0.2, -0.15) is 0 Å². The molecule has 4 heteroatoms. The van der Waals surface area contributed by atoms with Crippen molar-refractivity contribution in [1.82, 2.24) is 0 Å². The highest BCUT2D eigenvalue weighted by Gasteiger charge is 2.14. The van der Waals surface area contributed by atoms with Crippen LogP contribution in [0, 0.1) is 5.82 Å². The summed E-state index contributed by atoms with van der Waals surface area (Å²) in [6, 6.07) is 4.62. The Hall–Kier alpha value is -1.13. The fourth-order valence-electron chi connectivity index (χ4n) is 1.56. The molecule has 0 heterocycles. The number of aliphatic hydroxyl groups excluding tert-OH is 1. The number of hydrogen-bond acceptors (Lipinski definition) is 3. The van der Waals surface area contributed by atoms with Crippen LogP contribution in [-0.2, 0) is 0 Å². The molecule has 84 valence electrons. The first-order chi connectivity index (χ1) is 7.07. The SMILES string of the molecule is CC(N)c1cccc(F)c1N(C)CCO. The van der Waals surface area contributed by atoms with Gasteiger partial charge < -0.3 is 15.7 Å². The number of rotatable bonds is 4. The molecule has 0 amide bonds. The van der Waals surface area contributed by atoms with E-state index < -0.39 is 0 Å². The van der Waals surface area contributed by atoms with E-state index in [2.05, 4.69) is 0 Å². The van der Waals surface area contributed by atoms with E-state index in [0.717, 1.165) is 5.56 Å².